The second kappa shape index (κ2) is 6.98. The second-order valence-electron chi connectivity index (χ2n) is 6.96. The first-order valence-electron chi connectivity index (χ1n) is 9.06. The van der Waals surface area contributed by atoms with Crippen molar-refractivity contribution < 1.29 is 9.18 Å². The number of H-pyrrole nitrogens is 1. The summed E-state index contributed by atoms with van der Waals surface area (Å²) in [6.07, 6.45) is 3.10. The summed E-state index contributed by atoms with van der Waals surface area (Å²) in [4.78, 5) is 26.3. The number of amides is 2. The number of aromatic nitrogens is 5. The smallest absolute Gasteiger partial charge is 0.317 e. The average Bonchev–Trinajstić information content (AvgIpc) is 3.27. The highest BCUT2D eigenvalue weighted by atomic mass is 19.1. The number of nitrogens with zero attached hydrogens (tertiary/aromatic N) is 5. The fraction of sp³-hybridized carbons (Fsp3) is 0.444. The molecular formula is C18H22FN7O. The molecule has 1 atom stereocenters. The Kier molecular flexibility index (Phi) is 4.51. The Morgan fingerprint density at radius 2 is 2.15 bits per heavy atom. The molecule has 1 saturated heterocycles. The van der Waals surface area contributed by atoms with Gasteiger partial charge in [-0.25, -0.2) is 19.2 Å². The van der Waals surface area contributed by atoms with E-state index in [-0.39, 0.29) is 23.8 Å². The molecule has 8 nitrogen and oxygen atoms in total. The molecule has 1 fully saturated rings. The van der Waals surface area contributed by atoms with Gasteiger partial charge in [-0.2, -0.15) is 5.10 Å². The van der Waals surface area contributed by atoms with Crippen molar-refractivity contribution in [2.45, 2.75) is 31.7 Å². The molecule has 1 aromatic carbocycles. The van der Waals surface area contributed by atoms with Crippen molar-refractivity contribution >= 4 is 17.1 Å². The highest BCUT2D eigenvalue weighted by molar-refractivity contribution is 5.75. The Balaban J connectivity index is 1.36. The van der Waals surface area contributed by atoms with E-state index in [0.29, 0.717) is 24.4 Å². The summed E-state index contributed by atoms with van der Waals surface area (Å²) in [6, 6.07) is 4.24. The van der Waals surface area contributed by atoms with Crippen molar-refractivity contribution in [1.82, 2.24) is 34.9 Å². The average molecular weight is 371 g/mol. The predicted octanol–water partition coefficient (Wildman–Crippen LogP) is 2.48. The summed E-state index contributed by atoms with van der Waals surface area (Å²) < 4.78 is 15.0. The summed E-state index contributed by atoms with van der Waals surface area (Å²) >= 11 is 0. The van der Waals surface area contributed by atoms with Gasteiger partial charge in [0.25, 0.3) is 0 Å². The normalized spacial score (nSPS) is 16.6. The van der Waals surface area contributed by atoms with Crippen molar-refractivity contribution in [2.24, 2.45) is 7.05 Å². The van der Waals surface area contributed by atoms with E-state index in [2.05, 4.69) is 25.4 Å². The highest BCUT2D eigenvalue weighted by Crippen LogP contribution is 2.28. The number of fused-ring (bicyclic) bond motifs is 1. The summed E-state index contributed by atoms with van der Waals surface area (Å²) in [5.74, 6) is 1.54. The SMILES string of the molecule is C[C@@H](NC(=O)N1CCC(c2nc3ccc(F)cc3[nH]2)CC1)c1ncnn1C. The van der Waals surface area contributed by atoms with E-state index >= 15 is 0 Å². The summed E-state index contributed by atoms with van der Waals surface area (Å²) in [6.45, 7) is 3.18. The summed E-state index contributed by atoms with van der Waals surface area (Å²) in [5.41, 5.74) is 1.48. The molecule has 3 heterocycles. The highest BCUT2D eigenvalue weighted by Gasteiger charge is 2.27. The van der Waals surface area contributed by atoms with Crippen LogP contribution in [0.2, 0.25) is 0 Å². The van der Waals surface area contributed by atoms with E-state index in [9.17, 15) is 9.18 Å². The molecule has 0 radical (unpaired) electrons. The summed E-state index contributed by atoms with van der Waals surface area (Å²) in [5, 5.41) is 7.00. The Morgan fingerprint density at radius 1 is 1.37 bits per heavy atom. The first kappa shape index (κ1) is 17.4. The Morgan fingerprint density at radius 3 is 2.85 bits per heavy atom. The molecule has 0 saturated carbocycles. The fourth-order valence-corrected chi connectivity index (χ4v) is 3.59. The van der Waals surface area contributed by atoms with Gasteiger partial charge in [0.15, 0.2) is 0 Å². The monoisotopic (exact) mass is 371 g/mol. The number of carbonyl (C=O) groups is 1. The second-order valence-corrected chi connectivity index (χ2v) is 6.96. The Hall–Kier alpha value is -2.97. The van der Waals surface area contributed by atoms with Gasteiger partial charge in [0.1, 0.15) is 23.8 Å². The molecule has 27 heavy (non-hydrogen) atoms. The zero-order valence-corrected chi connectivity index (χ0v) is 15.3. The van der Waals surface area contributed by atoms with Gasteiger partial charge >= 0.3 is 6.03 Å². The maximum atomic E-state index is 13.4. The largest absolute Gasteiger partial charge is 0.342 e. The van der Waals surface area contributed by atoms with Crippen LogP contribution in [0.1, 0.15) is 43.4 Å². The molecule has 1 aliphatic rings. The van der Waals surface area contributed by atoms with Crippen LogP contribution in [0.15, 0.2) is 24.5 Å². The van der Waals surface area contributed by atoms with Crippen molar-refractivity contribution in [3.63, 3.8) is 0 Å². The van der Waals surface area contributed by atoms with E-state index in [1.165, 1.54) is 18.5 Å². The molecular weight excluding hydrogens is 349 g/mol. The van der Waals surface area contributed by atoms with Crippen LogP contribution >= 0.6 is 0 Å². The zero-order valence-electron chi connectivity index (χ0n) is 15.3. The number of hydrogen-bond donors (Lipinski definition) is 2. The zero-order chi connectivity index (χ0) is 19.0. The lowest BCUT2D eigenvalue weighted by molar-refractivity contribution is 0.177. The van der Waals surface area contributed by atoms with Crippen LogP contribution in [0, 0.1) is 5.82 Å². The first-order chi connectivity index (χ1) is 13.0. The predicted molar refractivity (Wildman–Crippen MR) is 97.5 cm³/mol. The molecule has 9 heteroatoms. The van der Waals surface area contributed by atoms with Crippen molar-refractivity contribution in [3.8, 4) is 0 Å². The number of aromatic amines is 1. The number of halogens is 1. The molecule has 142 valence electrons. The number of aryl methyl sites for hydroxylation is 1. The Labute approximate surface area is 155 Å². The van der Waals surface area contributed by atoms with Gasteiger partial charge in [0.05, 0.1) is 17.1 Å². The van der Waals surface area contributed by atoms with E-state index in [4.69, 9.17) is 0 Å². The number of piperidine rings is 1. The van der Waals surface area contributed by atoms with Crippen LogP contribution in [0.5, 0.6) is 0 Å². The number of nitrogens with one attached hydrogen (secondary N) is 2. The van der Waals surface area contributed by atoms with Crippen LogP contribution in [-0.4, -0.2) is 48.8 Å². The molecule has 0 unspecified atom stereocenters. The van der Waals surface area contributed by atoms with Crippen molar-refractivity contribution in [3.05, 3.63) is 42.0 Å². The quantitative estimate of drug-likeness (QED) is 0.740. The number of hydrogen-bond acceptors (Lipinski definition) is 4. The van der Waals surface area contributed by atoms with Crippen molar-refractivity contribution in [2.75, 3.05) is 13.1 Å². The lowest BCUT2D eigenvalue weighted by Crippen LogP contribution is -2.45. The van der Waals surface area contributed by atoms with E-state index in [0.717, 1.165) is 24.2 Å². The third-order valence-electron chi connectivity index (χ3n) is 5.10. The summed E-state index contributed by atoms with van der Waals surface area (Å²) in [7, 11) is 1.80. The molecule has 1 aliphatic heterocycles. The van der Waals surface area contributed by atoms with Crippen molar-refractivity contribution in [1.29, 1.82) is 0 Å². The van der Waals surface area contributed by atoms with E-state index in [1.54, 1.807) is 17.8 Å². The molecule has 0 aliphatic carbocycles. The maximum absolute atomic E-state index is 13.4. The molecule has 0 bridgehead atoms. The minimum Gasteiger partial charge on any atom is -0.342 e. The third kappa shape index (κ3) is 3.49. The van der Waals surface area contributed by atoms with Crippen LogP contribution in [0.4, 0.5) is 9.18 Å². The van der Waals surface area contributed by atoms with Crippen LogP contribution in [0.25, 0.3) is 11.0 Å². The lowest BCUT2D eigenvalue weighted by atomic mass is 9.96. The van der Waals surface area contributed by atoms with Gasteiger partial charge in [-0.3, -0.25) is 4.68 Å². The minimum absolute atomic E-state index is 0.101. The minimum atomic E-state index is -0.277. The fourth-order valence-electron chi connectivity index (χ4n) is 3.59. The van der Waals surface area contributed by atoms with Gasteiger partial charge in [0.2, 0.25) is 0 Å². The lowest BCUT2D eigenvalue weighted by Gasteiger charge is -2.32. The number of imidazole rings is 1. The topological polar surface area (TPSA) is 91.7 Å². The molecule has 2 aromatic heterocycles. The molecule has 4 rings (SSSR count). The number of carbonyl (C=O) groups excluding carboxylic acids is 1. The van der Waals surface area contributed by atoms with Gasteiger partial charge in [-0.1, -0.05) is 0 Å². The van der Waals surface area contributed by atoms with E-state index < -0.39 is 0 Å². The van der Waals surface area contributed by atoms with Gasteiger partial charge in [-0.05, 0) is 38.0 Å². The van der Waals surface area contributed by atoms with Crippen LogP contribution in [0.3, 0.4) is 0 Å². The van der Waals surface area contributed by atoms with Crippen LogP contribution in [-0.2, 0) is 7.05 Å². The van der Waals surface area contributed by atoms with Gasteiger partial charge < -0.3 is 15.2 Å². The molecule has 0 spiro atoms. The number of benzene rings is 1. The Bertz CT molecular complexity index is 958. The molecule has 3 aromatic rings. The number of urea groups is 1. The van der Waals surface area contributed by atoms with Gasteiger partial charge in [-0.15, -0.1) is 0 Å². The van der Waals surface area contributed by atoms with Gasteiger partial charge in [0, 0.05) is 26.1 Å². The van der Waals surface area contributed by atoms with E-state index in [1.807, 2.05) is 11.8 Å². The first-order valence-corrected chi connectivity index (χ1v) is 9.06. The maximum Gasteiger partial charge on any atom is 0.317 e. The third-order valence-corrected chi connectivity index (χ3v) is 5.10. The number of likely N-dealkylation sites (tertiary alicyclic amines) is 1. The standard InChI is InChI=1S/C18H22FN7O/c1-11(17-20-10-21-25(17)2)22-18(27)26-7-5-12(6-8-26)16-23-14-4-3-13(19)9-15(14)24-16/h3-4,9-12H,5-8H2,1-2H3,(H,22,27)(H,23,24)/t11-/m1/s1. The number of rotatable bonds is 3. The van der Waals surface area contributed by atoms with Crippen LogP contribution < -0.4 is 5.32 Å². The molecule has 2 amide bonds. The molecule has 2 N–H and O–H groups in total.